The van der Waals surface area contributed by atoms with Gasteiger partial charge in [0.1, 0.15) is 17.2 Å². The molecule has 0 atom stereocenters. The molecule has 0 spiro atoms. The van der Waals surface area contributed by atoms with Crippen LogP contribution in [0.4, 0.5) is 5.69 Å². The van der Waals surface area contributed by atoms with Crippen LogP contribution < -0.4 is 15.2 Å². The highest BCUT2D eigenvalue weighted by Crippen LogP contribution is 2.32. The van der Waals surface area contributed by atoms with Crippen LogP contribution in [0.25, 0.3) is 0 Å². The Bertz CT molecular complexity index is 622. The average molecular weight is 269 g/mol. The van der Waals surface area contributed by atoms with Crippen molar-refractivity contribution in [1.29, 1.82) is 0 Å². The number of aryl methyl sites for hydroxylation is 2. The van der Waals surface area contributed by atoms with E-state index in [0.717, 1.165) is 17.9 Å². The first kappa shape index (κ1) is 12.9. The normalized spacial score (nSPS) is 13.1. The number of rotatable bonds is 4. The Morgan fingerprint density at radius 1 is 1.00 bits per heavy atom. The van der Waals surface area contributed by atoms with E-state index in [2.05, 4.69) is 12.1 Å². The van der Waals surface area contributed by atoms with Crippen LogP contribution in [0.3, 0.4) is 0 Å². The van der Waals surface area contributed by atoms with Gasteiger partial charge in [0, 0.05) is 6.07 Å². The Kier molecular flexibility index (Phi) is 3.50. The molecule has 3 nitrogen and oxygen atoms in total. The van der Waals surface area contributed by atoms with E-state index < -0.39 is 0 Å². The minimum absolute atomic E-state index is 0.590. The zero-order valence-corrected chi connectivity index (χ0v) is 11.7. The zero-order valence-electron chi connectivity index (χ0n) is 11.7. The zero-order chi connectivity index (χ0) is 13.9. The van der Waals surface area contributed by atoms with E-state index in [1.807, 2.05) is 31.2 Å². The van der Waals surface area contributed by atoms with Gasteiger partial charge in [0.25, 0.3) is 0 Å². The van der Waals surface area contributed by atoms with Crippen LogP contribution in [0.15, 0.2) is 36.4 Å². The lowest BCUT2D eigenvalue weighted by molar-refractivity contribution is 0.340. The van der Waals surface area contributed by atoms with Crippen molar-refractivity contribution in [2.45, 2.75) is 26.2 Å². The van der Waals surface area contributed by atoms with Gasteiger partial charge < -0.3 is 15.2 Å². The Hall–Kier alpha value is -2.16. The minimum atomic E-state index is 0.590. The number of benzene rings is 2. The second-order valence-electron chi connectivity index (χ2n) is 5.02. The van der Waals surface area contributed by atoms with Crippen molar-refractivity contribution in [2.24, 2.45) is 0 Å². The maximum atomic E-state index is 5.91. The fourth-order valence-electron chi connectivity index (χ4n) is 2.61. The van der Waals surface area contributed by atoms with E-state index in [9.17, 15) is 0 Å². The molecule has 1 aliphatic rings. The van der Waals surface area contributed by atoms with Gasteiger partial charge in [-0.2, -0.15) is 0 Å². The Morgan fingerprint density at radius 3 is 2.60 bits per heavy atom. The van der Waals surface area contributed by atoms with Crippen LogP contribution in [0, 0.1) is 0 Å². The molecule has 0 unspecified atom stereocenters. The average Bonchev–Trinajstić information content (AvgIpc) is 2.90. The number of anilines is 1. The van der Waals surface area contributed by atoms with E-state index in [4.69, 9.17) is 15.2 Å². The molecule has 0 aromatic heterocycles. The fraction of sp³-hybridized carbons (Fsp3) is 0.294. The summed E-state index contributed by atoms with van der Waals surface area (Å²) in [5, 5.41) is 0. The number of nitrogen functional groups attached to an aromatic ring is 1. The summed E-state index contributed by atoms with van der Waals surface area (Å²) in [6.45, 7) is 2.53. The molecule has 1 aliphatic carbocycles. The first-order chi connectivity index (χ1) is 9.76. The summed E-state index contributed by atoms with van der Waals surface area (Å²) >= 11 is 0. The molecule has 0 amide bonds. The van der Waals surface area contributed by atoms with Crippen LogP contribution in [0.2, 0.25) is 0 Å². The Labute approximate surface area is 119 Å². The monoisotopic (exact) mass is 269 g/mol. The van der Waals surface area contributed by atoms with E-state index in [1.165, 1.54) is 24.0 Å². The third kappa shape index (κ3) is 2.57. The van der Waals surface area contributed by atoms with Gasteiger partial charge in [0.05, 0.1) is 12.3 Å². The SMILES string of the molecule is CCOc1cc(Oc2ccc3c(c2)CCC3)ccc1N. The van der Waals surface area contributed by atoms with Crippen molar-refractivity contribution in [3.8, 4) is 17.2 Å². The lowest BCUT2D eigenvalue weighted by Gasteiger charge is -2.11. The number of ether oxygens (including phenoxy) is 2. The molecule has 2 aromatic carbocycles. The first-order valence-electron chi connectivity index (χ1n) is 7.08. The highest BCUT2D eigenvalue weighted by molar-refractivity contribution is 5.56. The predicted molar refractivity (Wildman–Crippen MR) is 80.6 cm³/mol. The second-order valence-corrected chi connectivity index (χ2v) is 5.02. The maximum Gasteiger partial charge on any atom is 0.145 e. The van der Waals surface area contributed by atoms with Crippen LogP contribution >= 0.6 is 0 Å². The molecule has 3 heteroatoms. The molecule has 20 heavy (non-hydrogen) atoms. The van der Waals surface area contributed by atoms with Gasteiger partial charge in [0.2, 0.25) is 0 Å². The summed E-state index contributed by atoms with van der Waals surface area (Å²) in [6.07, 6.45) is 3.58. The van der Waals surface area contributed by atoms with E-state index in [-0.39, 0.29) is 0 Å². The lowest BCUT2D eigenvalue weighted by atomic mass is 10.1. The van der Waals surface area contributed by atoms with Crippen molar-refractivity contribution < 1.29 is 9.47 Å². The van der Waals surface area contributed by atoms with Gasteiger partial charge in [-0.05, 0) is 61.6 Å². The molecule has 2 aromatic rings. The minimum Gasteiger partial charge on any atom is -0.492 e. The lowest BCUT2D eigenvalue weighted by Crippen LogP contribution is -1.97. The van der Waals surface area contributed by atoms with E-state index >= 15 is 0 Å². The number of hydrogen-bond donors (Lipinski definition) is 1. The quantitative estimate of drug-likeness (QED) is 0.855. The second kappa shape index (κ2) is 5.45. The number of nitrogens with two attached hydrogens (primary N) is 1. The summed E-state index contributed by atoms with van der Waals surface area (Å²) in [4.78, 5) is 0. The van der Waals surface area contributed by atoms with Crippen molar-refractivity contribution in [1.82, 2.24) is 0 Å². The number of fused-ring (bicyclic) bond motifs is 1. The largest absolute Gasteiger partial charge is 0.492 e. The summed E-state index contributed by atoms with van der Waals surface area (Å²) < 4.78 is 11.4. The molecule has 0 saturated carbocycles. The molecule has 3 rings (SSSR count). The number of hydrogen-bond acceptors (Lipinski definition) is 3. The van der Waals surface area contributed by atoms with Gasteiger partial charge in [-0.3, -0.25) is 0 Å². The topological polar surface area (TPSA) is 44.5 Å². The molecular weight excluding hydrogens is 250 g/mol. The molecule has 2 N–H and O–H groups in total. The fourth-order valence-corrected chi connectivity index (χ4v) is 2.61. The van der Waals surface area contributed by atoms with Gasteiger partial charge in [-0.1, -0.05) is 6.07 Å². The first-order valence-corrected chi connectivity index (χ1v) is 7.08. The smallest absolute Gasteiger partial charge is 0.145 e. The van der Waals surface area contributed by atoms with E-state index in [0.29, 0.717) is 18.0 Å². The molecule has 0 fully saturated rings. The highest BCUT2D eigenvalue weighted by Gasteiger charge is 2.12. The molecule has 0 radical (unpaired) electrons. The summed E-state index contributed by atoms with van der Waals surface area (Å²) in [7, 11) is 0. The highest BCUT2D eigenvalue weighted by atomic mass is 16.5. The molecule has 0 saturated heterocycles. The summed E-state index contributed by atoms with van der Waals surface area (Å²) in [5.41, 5.74) is 9.35. The van der Waals surface area contributed by atoms with Crippen molar-refractivity contribution >= 4 is 5.69 Å². The van der Waals surface area contributed by atoms with Gasteiger partial charge in [-0.15, -0.1) is 0 Å². The summed E-state index contributed by atoms with van der Waals surface area (Å²) in [6, 6.07) is 11.9. The van der Waals surface area contributed by atoms with Crippen molar-refractivity contribution in [2.75, 3.05) is 12.3 Å². The predicted octanol–water partition coefficient (Wildman–Crippen LogP) is 3.95. The maximum absolute atomic E-state index is 5.91. The van der Waals surface area contributed by atoms with Crippen LogP contribution in [0.1, 0.15) is 24.5 Å². The van der Waals surface area contributed by atoms with E-state index in [1.54, 1.807) is 0 Å². The Balaban J connectivity index is 1.82. The third-order valence-electron chi connectivity index (χ3n) is 3.59. The molecule has 0 aliphatic heterocycles. The van der Waals surface area contributed by atoms with Gasteiger partial charge in [-0.25, -0.2) is 0 Å². The van der Waals surface area contributed by atoms with Gasteiger partial charge >= 0.3 is 0 Å². The molecule has 104 valence electrons. The van der Waals surface area contributed by atoms with Crippen LogP contribution in [-0.4, -0.2) is 6.61 Å². The standard InChI is InChI=1S/C17H19NO2/c1-2-19-17-11-15(8-9-16(17)18)20-14-7-6-12-4-3-5-13(12)10-14/h6-11H,2-5,18H2,1H3. The van der Waals surface area contributed by atoms with Crippen LogP contribution in [0.5, 0.6) is 17.2 Å². The van der Waals surface area contributed by atoms with Crippen molar-refractivity contribution in [3.63, 3.8) is 0 Å². The van der Waals surface area contributed by atoms with Crippen molar-refractivity contribution in [3.05, 3.63) is 47.5 Å². The molecule has 0 heterocycles. The van der Waals surface area contributed by atoms with Gasteiger partial charge in [0.15, 0.2) is 0 Å². The summed E-state index contributed by atoms with van der Waals surface area (Å²) in [5.74, 6) is 2.30. The Morgan fingerprint density at radius 2 is 1.75 bits per heavy atom. The molecular formula is C17H19NO2. The molecule has 0 bridgehead atoms. The third-order valence-corrected chi connectivity index (χ3v) is 3.59. The van der Waals surface area contributed by atoms with Crippen LogP contribution in [-0.2, 0) is 12.8 Å².